The predicted octanol–water partition coefficient (Wildman–Crippen LogP) is 2.52. The topological polar surface area (TPSA) is 42.0 Å². The Morgan fingerprint density at radius 1 is 1.10 bits per heavy atom. The maximum atomic E-state index is 12.1. The summed E-state index contributed by atoms with van der Waals surface area (Å²) in [6.07, 6.45) is -0.226. The molecule has 1 rings (SSSR count). The van der Waals surface area contributed by atoms with Gasteiger partial charge in [-0.05, 0) is 40.2 Å². The highest BCUT2D eigenvalue weighted by Crippen LogP contribution is 2.25. The Labute approximate surface area is 128 Å². The van der Waals surface area contributed by atoms with E-state index in [1.165, 1.54) is 0 Å². The lowest BCUT2D eigenvalue weighted by atomic mass is 9.93. The van der Waals surface area contributed by atoms with Crippen LogP contribution >= 0.6 is 0 Å². The third kappa shape index (κ3) is 5.00. The van der Waals surface area contributed by atoms with Crippen LogP contribution in [0, 0.1) is 0 Å². The zero-order valence-corrected chi connectivity index (χ0v) is 14.4. The van der Waals surface area contributed by atoms with E-state index in [9.17, 15) is 4.79 Å². The largest absolute Gasteiger partial charge is 0.444 e. The minimum Gasteiger partial charge on any atom is -0.444 e. The molecule has 0 atom stereocenters. The molecule has 122 valence electrons. The first-order chi connectivity index (χ1) is 9.58. The van der Waals surface area contributed by atoms with Crippen LogP contribution in [0.4, 0.5) is 4.79 Å². The van der Waals surface area contributed by atoms with Crippen molar-refractivity contribution in [2.24, 2.45) is 0 Å². The van der Waals surface area contributed by atoms with Crippen LogP contribution in [0.2, 0.25) is 0 Å². The molecule has 0 N–H and O–H groups in total. The number of methoxy groups -OCH3 is 1. The van der Waals surface area contributed by atoms with Gasteiger partial charge in [-0.15, -0.1) is 0 Å². The Bertz CT molecular complexity index is 377. The first kappa shape index (κ1) is 18.0. The lowest BCUT2D eigenvalue weighted by molar-refractivity contribution is 0.00487. The summed E-state index contributed by atoms with van der Waals surface area (Å²) in [5.74, 6) is 0. The molecule has 1 saturated heterocycles. The molecule has 1 amide bonds. The molecule has 1 heterocycles. The van der Waals surface area contributed by atoms with Gasteiger partial charge in [0, 0.05) is 38.8 Å². The van der Waals surface area contributed by atoms with Crippen molar-refractivity contribution in [3.05, 3.63) is 12.2 Å². The molecule has 0 aromatic rings. The molecule has 0 radical (unpaired) electrons. The van der Waals surface area contributed by atoms with Crippen LogP contribution in [0.1, 0.15) is 34.6 Å². The van der Waals surface area contributed by atoms with E-state index in [0.717, 1.165) is 18.7 Å². The summed E-state index contributed by atoms with van der Waals surface area (Å²) in [6, 6.07) is 0. The molecule has 0 spiro atoms. The number of hydrogen-bond acceptors (Lipinski definition) is 4. The van der Waals surface area contributed by atoms with Crippen LogP contribution < -0.4 is 0 Å². The summed E-state index contributed by atoms with van der Waals surface area (Å²) >= 11 is 0. The van der Waals surface area contributed by atoms with E-state index < -0.39 is 5.60 Å². The summed E-state index contributed by atoms with van der Waals surface area (Å²) in [4.78, 5) is 16.2. The molecule has 1 aliphatic heterocycles. The van der Waals surface area contributed by atoms with Crippen LogP contribution in [0.5, 0.6) is 0 Å². The van der Waals surface area contributed by atoms with Gasteiger partial charge in [0.15, 0.2) is 0 Å². The number of ether oxygens (including phenoxy) is 2. The van der Waals surface area contributed by atoms with Crippen molar-refractivity contribution in [3.8, 4) is 0 Å². The fraction of sp³-hybridized carbons (Fsp3) is 0.812. The van der Waals surface area contributed by atoms with Crippen molar-refractivity contribution >= 4 is 6.09 Å². The van der Waals surface area contributed by atoms with Gasteiger partial charge in [-0.3, -0.25) is 4.90 Å². The third-order valence-electron chi connectivity index (χ3n) is 3.91. The third-order valence-corrected chi connectivity index (χ3v) is 3.91. The van der Waals surface area contributed by atoms with Crippen molar-refractivity contribution in [2.75, 3.05) is 39.9 Å². The number of carbonyl (C=O) groups excluding carboxylic acids is 1. The number of hydrogen-bond donors (Lipinski definition) is 0. The van der Waals surface area contributed by atoms with Crippen molar-refractivity contribution in [1.29, 1.82) is 0 Å². The molecule has 5 nitrogen and oxygen atoms in total. The van der Waals surface area contributed by atoms with Crippen LogP contribution in [0.15, 0.2) is 12.2 Å². The number of nitrogens with zero attached hydrogens (tertiary/aromatic N) is 2. The number of rotatable bonds is 4. The average molecular weight is 298 g/mol. The van der Waals surface area contributed by atoms with Gasteiger partial charge in [-0.1, -0.05) is 6.58 Å². The molecule has 21 heavy (non-hydrogen) atoms. The van der Waals surface area contributed by atoms with Crippen LogP contribution in [0.25, 0.3) is 0 Å². The lowest BCUT2D eigenvalue weighted by Crippen LogP contribution is -2.57. The Morgan fingerprint density at radius 2 is 1.62 bits per heavy atom. The molecule has 1 aliphatic rings. The summed E-state index contributed by atoms with van der Waals surface area (Å²) in [5, 5.41) is 0. The SMILES string of the molecule is C=C(COC)C(C)(C)N1CCN(C(=O)OC(C)(C)C)CC1. The second-order valence-electron chi connectivity index (χ2n) is 7.05. The van der Waals surface area contributed by atoms with Gasteiger partial charge < -0.3 is 14.4 Å². The maximum Gasteiger partial charge on any atom is 0.410 e. The van der Waals surface area contributed by atoms with Crippen molar-refractivity contribution < 1.29 is 14.3 Å². The molecule has 0 aromatic heterocycles. The monoisotopic (exact) mass is 298 g/mol. The van der Waals surface area contributed by atoms with E-state index in [-0.39, 0.29) is 11.6 Å². The molecule has 1 fully saturated rings. The van der Waals surface area contributed by atoms with E-state index in [1.54, 1.807) is 12.0 Å². The average Bonchev–Trinajstić information content (AvgIpc) is 2.37. The number of amides is 1. The second-order valence-corrected chi connectivity index (χ2v) is 7.05. The highest BCUT2D eigenvalue weighted by molar-refractivity contribution is 5.68. The molecule has 0 aromatic carbocycles. The maximum absolute atomic E-state index is 12.1. The molecule has 0 bridgehead atoms. The Hall–Kier alpha value is -1.07. The number of piperazine rings is 1. The molecule has 0 unspecified atom stereocenters. The first-order valence-corrected chi connectivity index (χ1v) is 7.48. The molecular weight excluding hydrogens is 268 g/mol. The standard InChI is InChI=1S/C16H30N2O3/c1-13(12-20-7)16(5,6)18-10-8-17(9-11-18)14(19)21-15(2,3)4/h1,8-12H2,2-7H3. The molecular formula is C16H30N2O3. The minimum absolute atomic E-state index is 0.129. The first-order valence-electron chi connectivity index (χ1n) is 7.48. The fourth-order valence-corrected chi connectivity index (χ4v) is 2.35. The predicted molar refractivity (Wildman–Crippen MR) is 84.5 cm³/mol. The molecule has 0 aliphatic carbocycles. The zero-order valence-electron chi connectivity index (χ0n) is 14.4. The van der Waals surface area contributed by atoms with Crippen LogP contribution in [-0.4, -0.2) is 66.9 Å². The highest BCUT2D eigenvalue weighted by atomic mass is 16.6. The van der Waals surface area contributed by atoms with Gasteiger partial charge in [-0.25, -0.2) is 4.79 Å². The van der Waals surface area contributed by atoms with E-state index in [2.05, 4.69) is 25.3 Å². The van der Waals surface area contributed by atoms with E-state index in [4.69, 9.17) is 9.47 Å². The summed E-state index contributed by atoms with van der Waals surface area (Å²) in [7, 11) is 1.68. The Balaban J connectivity index is 2.55. The molecule has 0 saturated carbocycles. The van der Waals surface area contributed by atoms with Gasteiger partial charge in [0.05, 0.1) is 6.61 Å². The van der Waals surface area contributed by atoms with Gasteiger partial charge >= 0.3 is 6.09 Å². The normalized spacial score (nSPS) is 17.7. The zero-order chi connectivity index (χ0) is 16.3. The van der Waals surface area contributed by atoms with E-state index in [0.29, 0.717) is 19.7 Å². The summed E-state index contributed by atoms with van der Waals surface area (Å²) < 4.78 is 10.6. The van der Waals surface area contributed by atoms with Crippen LogP contribution in [0.3, 0.4) is 0 Å². The van der Waals surface area contributed by atoms with Gasteiger partial charge in [0.25, 0.3) is 0 Å². The van der Waals surface area contributed by atoms with Crippen molar-refractivity contribution in [2.45, 2.75) is 45.8 Å². The Kier molecular flexibility index (Phi) is 5.82. The minimum atomic E-state index is -0.444. The lowest BCUT2D eigenvalue weighted by Gasteiger charge is -2.45. The molecule has 5 heteroatoms. The van der Waals surface area contributed by atoms with E-state index in [1.807, 2.05) is 20.8 Å². The van der Waals surface area contributed by atoms with Gasteiger partial charge in [0.2, 0.25) is 0 Å². The van der Waals surface area contributed by atoms with E-state index >= 15 is 0 Å². The van der Waals surface area contributed by atoms with Crippen LogP contribution in [-0.2, 0) is 9.47 Å². The number of carbonyl (C=O) groups is 1. The summed E-state index contributed by atoms with van der Waals surface area (Å²) in [6.45, 7) is 17.6. The highest BCUT2D eigenvalue weighted by Gasteiger charge is 2.34. The smallest absolute Gasteiger partial charge is 0.410 e. The fourth-order valence-electron chi connectivity index (χ4n) is 2.35. The quantitative estimate of drug-likeness (QED) is 0.748. The Morgan fingerprint density at radius 3 is 2.05 bits per heavy atom. The van der Waals surface area contributed by atoms with Crippen molar-refractivity contribution in [1.82, 2.24) is 9.80 Å². The summed E-state index contributed by atoms with van der Waals surface area (Å²) in [5.41, 5.74) is 0.478. The van der Waals surface area contributed by atoms with Crippen molar-refractivity contribution in [3.63, 3.8) is 0 Å². The van der Waals surface area contributed by atoms with Gasteiger partial charge in [0.1, 0.15) is 5.60 Å². The van der Waals surface area contributed by atoms with Gasteiger partial charge in [-0.2, -0.15) is 0 Å². The second kappa shape index (κ2) is 6.79.